The number of nitrogens with one attached hydrogen (secondary N) is 1. The molecular formula is C14H21N3O4. The lowest BCUT2D eigenvalue weighted by molar-refractivity contribution is -0.143. The number of morpholine rings is 1. The Morgan fingerprint density at radius 3 is 2.62 bits per heavy atom. The molecule has 1 fully saturated rings. The largest absolute Gasteiger partial charge is 0.372 e. The Bertz CT molecular complexity index is 504. The van der Waals surface area contributed by atoms with Gasteiger partial charge in [0.15, 0.2) is 5.69 Å². The second-order valence-corrected chi connectivity index (χ2v) is 5.38. The van der Waals surface area contributed by atoms with E-state index >= 15 is 0 Å². The number of ether oxygens (including phenoxy) is 1. The quantitative estimate of drug-likeness (QED) is 0.885. The molecule has 21 heavy (non-hydrogen) atoms. The van der Waals surface area contributed by atoms with Gasteiger partial charge in [-0.15, -0.1) is 0 Å². The molecule has 1 aliphatic rings. The van der Waals surface area contributed by atoms with E-state index in [0.29, 0.717) is 18.8 Å². The Labute approximate surface area is 123 Å². The number of carbonyl (C=O) groups excluding carboxylic acids is 2. The van der Waals surface area contributed by atoms with Crippen LogP contribution in [0.2, 0.25) is 0 Å². The van der Waals surface area contributed by atoms with E-state index in [1.165, 1.54) is 0 Å². The highest BCUT2D eigenvalue weighted by atomic mass is 16.5. The monoisotopic (exact) mass is 295 g/mol. The Kier molecular flexibility index (Phi) is 4.95. The molecule has 116 valence electrons. The maximum Gasteiger partial charge on any atom is 0.273 e. The first-order valence-electron chi connectivity index (χ1n) is 7.10. The van der Waals surface area contributed by atoms with E-state index in [1.54, 1.807) is 17.9 Å². The number of carbonyl (C=O) groups is 2. The highest BCUT2D eigenvalue weighted by Crippen LogP contribution is 2.11. The molecule has 1 aromatic heterocycles. The van der Waals surface area contributed by atoms with Crippen molar-refractivity contribution in [1.29, 1.82) is 0 Å². The van der Waals surface area contributed by atoms with Crippen LogP contribution in [-0.4, -0.2) is 53.7 Å². The van der Waals surface area contributed by atoms with Crippen molar-refractivity contribution in [2.24, 2.45) is 0 Å². The number of aryl methyl sites for hydroxylation is 1. The second-order valence-electron chi connectivity index (χ2n) is 5.38. The third kappa shape index (κ3) is 4.29. The highest BCUT2D eigenvalue weighted by molar-refractivity contribution is 5.92. The first-order valence-corrected chi connectivity index (χ1v) is 7.10. The van der Waals surface area contributed by atoms with Crippen molar-refractivity contribution in [1.82, 2.24) is 15.4 Å². The van der Waals surface area contributed by atoms with Crippen molar-refractivity contribution in [3.05, 3.63) is 17.5 Å². The van der Waals surface area contributed by atoms with E-state index in [0.717, 1.165) is 0 Å². The Balaban J connectivity index is 1.75. The SMILES string of the molecule is Cc1cc(C(=O)NCCC(=O)N2C[C@@H](C)O[C@H](C)C2)no1. The molecule has 2 amide bonds. The van der Waals surface area contributed by atoms with Gasteiger partial charge >= 0.3 is 0 Å². The molecule has 2 heterocycles. The summed E-state index contributed by atoms with van der Waals surface area (Å²) in [5.41, 5.74) is 0.230. The summed E-state index contributed by atoms with van der Waals surface area (Å²) in [5, 5.41) is 6.29. The van der Waals surface area contributed by atoms with Gasteiger partial charge in [0.1, 0.15) is 5.76 Å². The summed E-state index contributed by atoms with van der Waals surface area (Å²) in [7, 11) is 0. The molecule has 0 aromatic carbocycles. The van der Waals surface area contributed by atoms with E-state index in [2.05, 4.69) is 10.5 Å². The van der Waals surface area contributed by atoms with E-state index in [9.17, 15) is 9.59 Å². The summed E-state index contributed by atoms with van der Waals surface area (Å²) >= 11 is 0. The molecule has 2 atom stereocenters. The van der Waals surface area contributed by atoms with Crippen molar-refractivity contribution < 1.29 is 18.8 Å². The fourth-order valence-electron chi connectivity index (χ4n) is 2.39. The van der Waals surface area contributed by atoms with Crippen molar-refractivity contribution in [2.75, 3.05) is 19.6 Å². The van der Waals surface area contributed by atoms with Crippen LogP contribution in [0.5, 0.6) is 0 Å². The molecule has 1 aliphatic heterocycles. The van der Waals surface area contributed by atoms with Gasteiger partial charge in [-0.3, -0.25) is 9.59 Å². The minimum absolute atomic E-state index is 0.0219. The Hall–Kier alpha value is -1.89. The van der Waals surface area contributed by atoms with Gasteiger partial charge in [-0.2, -0.15) is 0 Å². The first kappa shape index (κ1) is 15.5. The molecule has 1 saturated heterocycles. The van der Waals surface area contributed by atoms with E-state index in [-0.39, 0.29) is 42.7 Å². The molecule has 0 saturated carbocycles. The molecule has 7 heteroatoms. The zero-order valence-electron chi connectivity index (χ0n) is 12.6. The fraction of sp³-hybridized carbons (Fsp3) is 0.643. The molecule has 0 aliphatic carbocycles. The summed E-state index contributed by atoms with van der Waals surface area (Å²) in [6, 6.07) is 1.56. The molecular weight excluding hydrogens is 274 g/mol. The normalized spacial score (nSPS) is 22.1. The standard InChI is InChI=1S/C14H21N3O4/c1-9-6-12(16-21-9)14(19)15-5-4-13(18)17-7-10(2)20-11(3)8-17/h6,10-11H,4-5,7-8H2,1-3H3,(H,15,19)/t10-,11-/m1/s1. The van der Waals surface area contributed by atoms with Gasteiger partial charge in [-0.1, -0.05) is 5.16 Å². The van der Waals surface area contributed by atoms with Crippen molar-refractivity contribution in [3.8, 4) is 0 Å². The van der Waals surface area contributed by atoms with Crippen molar-refractivity contribution >= 4 is 11.8 Å². The molecule has 0 unspecified atom stereocenters. The number of hydrogen-bond donors (Lipinski definition) is 1. The lowest BCUT2D eigenvalue weighted by Gasteiger charge is -2.35. The number of nitrogens with zero attached hydrogens (tertiary/aromatic N) is 2. The minimum Gasteiger partial charge on any atom is -0.372 e. The van der Waals surface area contributed by atoms with Gasteiger partial charge in [0.05, 0.1) is 12.2 Å². The third-order valence-corrected chi connectivity index (χ3v) is 3.26. The van der Waals surface area contributed by atoms with Crippen LogP contribution in [0.3, 0.4) is 0 Å². The minimum atomic E-state index is -0.330. The lowest BCUT2D eigenvalue weighted by atomic mass is 10.2. The topological polar surface area (TPSA) is 84.7 Å². The van der Waals surface area contributed by atoms with Gasteiger partial charge in [-0.05, 0) is 20.8 Å². The average Bonchev–Trinajstić information content (AvgIpc) is 2.84. The number of amides is 2. The molecule has 0 radical (unpaired) electrons. The zero-order chi connectivity index (χ0) is 15.4. The molecule has 0 bridgehead atoms. The average molecular weight is 295 g/mol. The predicted molar refractivity (Wildman–Crippen MR) is 74.8 cm³/mol. The summed E-state index contributed by atoms with van der Waals surface area (Å²) in [5.74, 6) is 0.268. The van der Waals surface area contributed by atoms with Crippen LogP contribution in [0.15, 0.2) is 10.6 Å². The lowest BCUT2D eigenvalue weighted by Crippen LogP contribution is -2.48. The van der Waals surface area contributed by atoms with Crippen LogP contribution >= 0.6 is 0 Å². The van der Waals surface area contributed by atoms with Gasteiger partial charge in [0.2, 0.25) is 5.91 Å². The maximum atomic E-state index is 12.1. The van der Waals surface area contributed by atoms with Gasteiger partial charge < -0.3 is 19.5 Å². The molecule has 1 N–H and O–H groups in total. The van der Waals surface area contributed by atoms with Crippen LogP contribution in [0.25, 0.3) is 0 Å². The van der Waals surface area contributed by atoms with E-state index in [1.807, 2.05) is 13.8 Å². The maximum absolute atomic E-state index is 12.1. The molecule has 7 nitrogen and oxygen atoms in total. The summed E-state index contributed by atoms with van der Waals surface area (Å²) in [6.07, 6.45) is 0.359. The Morgan fingerprint density at radius 2 is 2.05 bits per heavy atom. The zero-order valence-corrected chi connectivity index (χ0v) is 12.6. The van der Waals surface area contributed by atoms with Crippen molar-refractivity contribution in [3.63, 3.8) is 0 Å². The number of hydrogen-bond acceptors (Lipinski definition) is 5. The van der Waals surface area contributed by atoms with Gasteiger partial charge in [0.25, 0.3) is 5.91 Å². The Morgan fingerprint density at radius 1 is 1.38 bits per heavy atom. The molecule has 2 rings (SSSR count). The predicted octanol–water partition coefficient (Wildman–Crippen LogP) is 0.739. The van der Waals surface area contributed by atoms with Gasteiger partial charge in [-0.25, -0.2) is 0 Å². The smallest absolute Gasteiger partial charge is 0.273 e. The first-order chi connectivity index (χ1) is 9.95. The van der Waals surface area contributed by atoms with E-state index < -0.39 is 0 Å². The van der Waals surface area contributed by atoms with Crippen LogP contribution in [0.1, 0.15) is 36.5 Å². The molecule has 0 spiro atoms. The summed E-state index contributed by atoms with van der Waals surface area (Å²) in [4.78, 5) is 25.6. The van der Waals surface area contributed by atoms with Gasteiger partial charge in [0, 0.05) is 32.1 Å². The van der Waals surface area contributed by atoms with Crippen LogP contribution in [0.4, 0.5) is 0 Å². The summed E-state index contributed by atoms with van der Waals surface area (Å²) < 4.78 is 10.4. The van der Waals surface area contributed by atoms with Crippen LogP contribution < -0.4 is 5.32 Å². The number of aromatic nitrogens is 1. The van der Waals surface area contributed by atoms with Crippen molar-refractivity contribution in [2.45, 2.75) is 39.4 Å². The fourth-order valence-corrected chi connectivity index (χ4v) is 2.39. The summed E-state index contributed by atoms with van der Waals surface area (Å²) in [6.45, 7) is 7.09. The highest BCUT2D eigenvalue weighted by Gasteiger charge is 2.25. The van der Waals surface area contributed by atoms with Crippen LogP contribution in [0, 0.1) is 6.92 Å². The number of rotatable bonds is 4. The molecule has 1 aromatic rings. The third-order valence-electron chi connectivity index (χ3n) is 3.26. The van der Waals surface area contributed by atoms with E-state index in [4.69, 9.17) is 9.26 Å². The van der Waals surface area contributed by atoms with Crippen LogP contribution in [-0.2, 0) is 9.53 Å². The second kappa shape index (κ2) is 6.71.